The van der Waals surface area contributed by atoms with Crippen LogP contribution in [0.2, 0.25) is 0 Å². The SMILES string of the molecule is O=C(Cc1ccc([N+](=O)[O-])cc1)OCC(=O)Oc1ccc([N+](=O)[O-])cc1. The van der Waals surface area contributed by atoms with Crippen LogP contribution in [0.15, 0.2) is 48.5 Å². The first-order valence-corrected chi connectivity index (χ1v) is 7.19. The molecular formula is C16H12N2O8. The third kappa shape index (κ3) is 5.37. The van der Waals surface area contributed by atoms with Crippen molar-refractivity contribution >= 4 is 23.3 Å². The van der Waals surface area contributed by atoms with Gasteiger partial charge in [-0.3, -0.25) is 25.0 Å². The fourth-order valence-corrected chi connectivity index (χ4v) is 1.89. The van der Waals surface area contributed by atoms with Crippen molar-refractivity contribution in [2.45, 2.75) is 6.42 Å². The Bertz CT molecular complexity index is 759. The van der Waals surface area contributed by atoms with E-state index < -0.39 is 28.4 Å². The second-order valence-corrected chi connectivity index (χ2v) is 4.99. The molecule has 0 aliphatic carbocycles. The number of ether oxygens (including phenoxy) is 2. The molecule has 0 aliphatic rings. The van der Waals surface area contributed by atoms with E-state index in [0.717, 1.165) is 0 Å². The van der Waals surface area contributed by atoms with Crippen LogP contribution in [0.1, 0.15) is 5.56 Å². The van der Waals surface area contributed by atoms with Crippen molar-refractivity contribution in [3.8, 4) is 5.75 Å². The molecule has 0 amide bonds. The standard InChI is InChI=1S/C16H12N2O8/c19-15(9-11-1-3-12(4-2-11)17(21)22)25-10-16(20)26-14-7-5-13(6-8-14)18(23)24/h1-8H,9-10H2. The molecule has 0 radical (unpaired) electrons. The summed E-state index contributed by atoms with van der Waals surface area (Å²) in [4.78, 5) is 43.2. The van der Waals surface area contributed by atoms with E-state index in [4.69, 9.17) is 9.47 Å². The zero-order valence-corrected chi connectivity index (χ0v) is 13.2. The van der Waals surface area contributed by atoms with E-state index >= 15 is 0 Å². The number of nitro groups is 2. The number of nitro benzene ring substituents is 2. The molecule has 2 aromatic carbocycles. The molecule has 26 heavy (non-hydrogen) atoms. The maximum absolute atomic E-state index is 11.7. The van der Waals surface area contributed by atoms with E-state index in [1.165, 1.54) is 48.5 Å². The highest BCUT2D eigenvalue weighted by molar-refractivity contribution is 5.79. The second-order valence-electron chi connectivity index (χ2n) is 4.99. The lowest BCUT2D eigenvalue weighted by molar-refractivity contribution is -0.385. The van der Waals surface area contributed by atoms with Gasteiger partial charge in [0.05, 0.1) is 16.3 Å². The van der Waals surface area contributed by atoms with E-state index in [1.54, 1.807) is 0 Å². The van der Waals surface area contributed by atoms with Crippen LogP contribution in [0.4, 0.5) is 11.4 Å². The van der Waals surface area contributed by atoms with Crippen LogP contribution in [0.5, 0.6) is 5.75 Å². The number of rotatable bonds is 7. The minimum atomic E-state index is -0.851. The number of carbonyl (C=O) groups is 2. The van der Waals surface area contributed by atoms with Crippen molar-refractivity contribution in [2.24, 2.45) is 0 Å². The van der Waals surface area contributed by atoms with Crippen molar-refractivity contribution < 1.29 is 28.9 Å². The molecule has 0 unspecified atom stereocenters. The minimum Gasteiger partial charge on any atom is -0.453 e. The lowest BCUT2D eigenvalue weighted by atomic mass is 10.1. The van der Waals surface area contributed by atoms with Crippen LogP contribution in [0.25, 0.3) is 0 Å². The molecule has 0 saturated heterocycles. The molecule has 0 spiro atoms. The van der Waals surface area contributed by atoms with Crippen molar-refractivity contribution in [3.63, 3.8) is 0 Å². The third-order valence-corrected chi connectivity index (χ3v) is 3.13. The smallest absolute Gasteiger partial charge is 0.349 e. The zero-order chi connectivity index (χ0) is 19.1. The summed E-state index contributed by atoms with van der Waals surface area (Å²) in [5, 5.41) is 21.1. The van der Waals surface area contributed by atoms with E-state index in [2.05, 4.69) is 0 Å². The molecule has 0 saturated carbocycles. The van der Waals surface area contributed by atoms with Gasteiger partial charge >= 0.3 is 11.9 Å². The van der Waals surface area contributed by atoms with Gasteiger partial charge in [-0.25, -0.2) is 4.79 Å². The molecular weight excluding hydrogens is 348 g/mol. The Morgan fingerprint density at radius 1 is 0.808 bits per heavy atom. The second kappa shape index (κ2) is 8.33. The monoisotopic (exact) mass is 360 g/mol. The largest absolute Gasteiger partial charge is 0.453 e. The van der Waals surface area contributed by atoms with Gasteiger partial charge in [-0.1, -0.05) is 12.1 Å². The van der Waals surface area contributed by atoms with Gasteiger partial charge in [-0.15, -0.1) is 0 Å². The quantitative estimate of drug-likeness (QED) is 0.317. The average molecular weight is 360 g/mol. The Balaban J connectivity index is 1.80. The summed E-state index contributed by atoms with van der Waals surface area (Å²) in [7, 11) is 0. The summed E-state index contributed by atoms with van der Waals surface area (Å²) in [6, 6.07) is 10.2. The summed E-state index contributed by atoms with van der Waals surface area (Å²) in [5.74, 6) is -1.48. The number of nitrogens with zero attached hydrogens (tertiary/aromatic N) is 2. The summed E-state index contributed by atoms with van der Waals surface area (Å²) in [6.45, 7) is -0.636. The van der Waals surface area contributed by atoms with Crippen LogP contribution in [-0.2, 0) is 20.7 Å². The van der Waals surface area contributed by atoms with Crippen LogP contribution < -0.4 is 4.74 Å². The number of esters is 2. The lowest BCUT2D eigenvalue weighted by Crippen LogP contribution is -2.19. The molecule has 10 nitrogen and oxygen atoms in total. The predicted octanol–water partition coefficient (Wildman–Crippen LogP) is 2.19. The van der Waals surface area contributed by atoms with E-state index in [9.17, 15) is 29.8 Å². The zero-order valence-electron chi connectivity index (χ0n) is 13.2. The molecule has 0 N–H and O–H groups in total. The molecule has 0 aliphatic heterocycles. The van der Waals surface area contributed by atoms with Gasteiger partial charge in [0.15, 0.2) is 6.61 Å². The van der Waals surface area contributed by atoms with Gasteiger partial charge in [-0.2, -0.15) is 0 Å². The fraction of sp³-hybridized carbons (Fsp3) is 0.125. The van der Waals surface area contributed by atoms with Gasteiger partial charge < -0.3 is 9.47 Å². The molecule has 2 aromatic rings. The van der Waals surface area contributed by atoms with Gasteiger partial charge in [0, 0.05) is 24.3 Å². The summed E-state index contributed by atoms with van der Waals surface area (Å²) < 4.78 is 9.64. The number of hydrogen-bond acceptors (Lipinski definition) is 8. The van der Waals surface area contributed by atoms with Crippen LogP contribution in [0.3, 0.4) is 0 Å². The van der Waals surface area contributed by atoms with Crippen LogP contribution >= 0.6 is 0 Å². The first-order valence-electron chi connectivity index (χ1n) is 7.19. The summed E-state index contributed by atoms with van der Waals surface area (Å²) in [5.41, 5.74) is 0.234. The Morgan fingerprint density at radius 2 is 1.31 bits per heavy atom. The Hall–Kier alpha value is -3.82. The van der Waals surface area contributed by atoms with Gasteiger partial charge in [0.25, 0.3) is 11.4 Å². The predicted molar refractivity (Wildman–Crippen MR) is 86.5 cm³/mol. The highest BCUT2D eigenvalue weighted by atomic mass is 16.6. The molecule has 10 heteroatoms. The lowest BCUT2D eigenvalue weighted by Gasteiger charge is -2.06. The highest BCUT2D eigenvalue weighted by Crippen LogP contribution is 2.17. The number of carbonyl (C=O) groups excluding carboxylic acids is 2. The molecule has 0 atom stereocenters. The number of benzene rings is 2. The Morgan fingerprint density at radius 3 is 1.81 bits per heavy atom. The Kier molecular flexibility index (Phi) is 5.93. The number of hydrogen-bond donors (Lipinski definition) is 0. The van der Waals surface area contributed by atoms with E-state index in [0.29, 0.717) is 5.56 Å². The van der Waals surface area contributed by atoms with Crippen molar-refractivity contribution in [1.29, 1.82) is 0 Å². The van der Waals surface area contributed by atoms with Crippen molar-refractivity contribution in [2.75, 3.05) is 6.61 Å². The fourth-order valence-electron chi connectivity index (χ4n) is 1.89. The van der Waals surface area contributed by atoms with E-state index in [1.807, 2.05) is 0 Å². The van der Waals surface area contributed by atoms with E-state index in [-0.39, 0.29) is 23.5 Å². The van der Waals surface area contributed by atoms with Crippen molar-refractivity contribution in [1.82, 2.24) is 0 Å². The molecule has 0 aromatic heterocycles. The topological polar surface area (TPSA) is 139 Å². The maximum Gasteiger partial charge on any atom is 0.349 e. The minimum absolute atomic E-state index is 0.0759. The number of non-ortho nitro benzene ring substituents is 2. The molecule has 134 valence electrons. The van der Waals surface area contributed by atoms with Crippen LogP contribution in [-0.4, -0.2) is 28.4 Å². The summed E-state index contributed by atoms with van der Waals surface area (Å²) >= 11 is 0. The van der Waals surface area contributed by atoms with Gasteiger partial charge in [-0.05, 0) is 17.7 Å². The first kappa shape index (κ1) is 18.5. The van der Waals surface area contributed by atoms with Crippen molar-refractivity contribution in [3.05, 3.63) is 74.3 Å². The highest BCUT2D eigenvalue weighted by Gasteiger charge is 2.12. The van der Waals surface area contributed by atoms with Gasteiger partial charge in [0.1, 0.15) is 5.75 Å². The normalized spacial score (nSPS) is 10.0. The Labute approximate surface area is 146 Å². The first-order chi connectivity index (χ1) is 12.3. The van der Waals surface area contributed by atoms with Crippen LogP contribution in [0, 0.1) is 20.2 Å². The molecule has 0 fully saturated rings. The maximum atomic E-state index is 11.7. The molecule has 0 heterocycles. The third-order valence-electron chi connectivity index (χ3n) is 3.13. The molecule has 0 bridgehead atoms. The molecule has 2 rings (SSSR count). The summed E-state index contributed by atoms with van der Waals surface area (Å²) in [6.07, 6.45) is -0.164. The average Bonchev–Trinajstić information content (AvgIpc) is 2.61. The van der Waals surface area contributed by atoms with Gasteiger partial charge in [0.2, 0.25) is 0 Å².